The van der Waals surface area contributed by atoms with E-state index in [4.69, 9.17) is 19.4 Å². The summed E-state index contributed by atoms with van der Waals surface area (Å²) in [5.41, 5.74) is 1.04. The Bertz CT molecular complexity index is 3330. The van der Waals surface area contributed by atoms with Crippen molar-refractivity contribution in [2.45, 2.75) is 16.0 Å². The first kappa shape index (κ1) is 43.8. The van der Waals surface area contributed by atoms with Gasteiger partial charge in [-0.2, -0.15) is 13.2 Å². The summed E-state index contributed by atoms with van der Waals surface area (Å²) in [5, 5.41) is 9.09. The van der Waals surface area contributed by atoms with Crippen LogP contribution in [0.3, 0.4) is 0 Å². The largest absolute Gasteiger partial charge is 0.497 e. The van der Waals surface area contributed by atoms with E-state index in [0.717, 1.165) is 78.7 Å². The molecular formula is C45H42F4N8O6S2. The normalized spacial score (nSPS) is 15.1. The molecule has 0 radical (unpaired) electrons. The quantitative estimate of drug-likeness (QED) is 0.153. The van der Waals surface area contributed by atoms with Gasteiger partial charge in [0, 0.05) is 86.3 Å². The lowest BCUT2D eigenvalue weighted by Crippen LogP contribution is -2.44. The van der Waals surface area contributed by atoms with Crippen molar-refractivity contribution >= 4 is 75.3 Å². The van der Waals surface area contributed by atoms with Gasteiger partial charge in [0.2, 0.25) is 0 Å². The van der Waals surface area contributed by atoms with Crippen molar-refractivity contribution in [3.05, 3.63) is 121 Å². The smallest absolute Gasteiger partial charge is 0.416 e. The number of aromatic nitrogens is 4. The Balaban J connectivity index is 0.000000165. The minimum atomic E-state index is -4.66. The van der Waals surface area contributed by atoms with Crippen molar-refractivity contribution in [2.24, 2.45) is 0 Å². The van der Waals surface area contributed by atoms with Crippen LogP contribution in [-0.4, -0.2) is 101 Å². The molecule has 14 nitrogen and oxygen atoms in total. The lowest BCUT2D eigenvalue weighted by molar-refractivity contribution is -0.137. The second-order valence-electron chi connectivity index (χ2n) is 15.4. The maximum absolute atomic E-state index is 13.8. The zero-order valence-electron chi connectivity index (χ0n) is 35.0. The Hall–Kier alpha value is -6.48. The van der Waals surface area contributed by atoms with E-state index >= 15 is 0 Å². The topological polar surface area (TPSA) is 153 Å². The number of rotatable bonds is 8. The van der Waals surface area contributed by atoms with Gasteiger partial charge in [0.1, 0.15) is 29.0 Å². The first-order chi connectivity index (χ1) is 31.2. The van der Waals surface area contributed by atoms with E-state index in [9.17, 15) is 34.4 Å². The molecule has 0 unspecified atom stereocenters. The third kappa shape index (κ3) is 8.15. The van der Waals surface area contributed by atoms with Crippen molar-refractivity contribution in [2.75, 3.05) is 76.4 Å². The van der Waals surface area contributed by atoms with Crippen molar-refractivity contribution in [3.63, 3.8) is 0 Å². The van der Waals surface area contributed by atoms with Crippen LogP contribution < -0.4 is 29.9 Å². The summed E-state index contributed by atoms with van der Waals surface area (Å²) < 4.78 is 121. The van der Waals surface area contributed by atoms with Crippen molar-refractivity contribution in [1.29, 1.82) is 0 Å². The fourth-order valence-corrected chi connectivity index (χ4v) is 11.1. The van der Waals surface area contributed by atoms with Crippen LogP contribution in [0.4, 0.5) is 29.2 Å². The zero-order chi connectivity index (χ0) is 45.7. The van der Waals surface area contributed by atoms with Gasteiger partial charge in [-0.15, -0.1) is 0 Å². The summed E-state index contributed by atoms with van der Waals surface area (Å²) in [7, 11) is -5.31. The highest BCUT2D eigenvalue weighted by molar-refractivity contribution is 7.90. The molecule has 0 spiro atoms. The third-order valence-electron chi connectivity index (χ3n) is 11.5. The summed E-state index contributed by atoms with van der Waals surface area (Å²) in [6.07, 6.45) is -1.78. The maximum Gasteiger partial charge on any atom is 0.416 e. The standard InChI is InChI=1S/C23H21F3N4O3S.C22H21FN4O3S/c1-33-16-5-6-20-19(14-16)21-18(22(28-20)29-11-8-27-9-12-29)7-10-30(21)34(31,32)17-4-2-3-15(13-17)23(24,25)26;1-30-16-5-6-20-19(14-16)21-18(22(25-20)26-11-8-24-9-12-26)7-10-27(21)31(28,29)17-4-2-3-15(23)13-17/h2-7,10,13-14,27H,8-9,11-12H2,1H3;2-7,10,13-14,24H,8-9,11-12H2,1H3. The molecule has 338 valence electrons. The number of benzene rings is 4. The molecule has 0 aliphatic carbocycles. The molecule has 2 saturated heterocycles. The molecule has 8 aromatic rings. The molecular weight excluding hydrogens is 889 g/mol. The van der Waals surface area contributed by atoms with Crippen LogP contribution in [-0.2, 0) is 26.2 Å². The highest BCUT2D eigenvalue weighted by Crippen LogP contribution is 2.39. The minimum Gasteiger partial charge on any atom is -0.497 e. The number of hydrogen-bond donors (Lipinski definition) is 2. The summed E-state index contributed by atoms with van der Waals surface area (Å²) in [6.45, 7) is 6.08. The molecule has 0 atom stereocenters. The number of nitrogens with one attached hydrogen (secondary N) is 2. The number of halogens is 4. The molecule has 2 aliphatic rings. The van der Waals surface area contributed by atoms with Crippen LogP contribution in [0, 0.1) is 5.82 Å². The minimum absolute atomic E-state index is 0.110. The van der Waals surface area contributed by atoms with Crippen LogP contribution in [0.5, 0.6) is 11.5 Å². The molecule has 0 bridgehead atoms. The number of nitrogens with zero attached hydrogens (tertiary/aromatic N) is 6. The Labute approximate surface area is 371 Å². The number of piperazine rings is 2. The molecule has 65 heavy (non-hydrogen) atoms. The summed E-state index contributed by atoms with van der Waals surface area (Å²) in [6, 6.07) is 22.8. The van der Waals surface area contributed by atoms with Crippen LogP contribution >= 0.6 is 0 Å². The SMILES string of the molecule is COc1ccc2nc(N3CCNCC3)c3ccn(S(=O)(=O)c4cccc(C(F)(F)F)c4)c3c2c1.COc1ccc2nc(N3CCNCC3)c3ccn(S(=O)(=O)c4cccc(F)c4)c3c2c1. The Morgan fingerprint density at radius 3 is 1.45 bits per heavy atom. The molecule has 2 N–H and O–H groups in total. The van der Waals surface area contributed by atoms with Crippen molar-refractivity contribution < 1.29 is 43.9 Å². The van der Waals surface area contributed by atoms with Gasteiger partial charge in [-0.3, -0.25) is 0 Å². The lowest BCUT2D eigenvalue weighted by Gasteiger charge is -2.29. The zero-order valence-corrected chi connectivity index (χ0v) is 36.6. The van der Waals surface area contributed by atoms with Crippen molar-refractivity contribution in [1.82, 2.24) is 28.5 Å². The molecule has 20 heteroatoms. The molecule has 6 heterocycles. The lowest BCUT2D eigenvalue weighted by atomic mass is 10.1. The van der Waals surface area contributed by atoms with Gasteiger partial charge in [0.25, 0.3) is 20.0 Å². The number of pyridine rings is 2. The first-order valence-electron chi connectivity index (χ1n) is 20.5. The number of ether oxygens (including phenoxy) is 2. The monoisotopic (exact) mass is 930 g/mol. The predicted molar refractivity (Wildman–Crippen MR) is 241 cm³/mol. The predicted octanol–water partition coefficient (Wildman–Crippen LogP) is 6.85. The van der Waals surface area contributed by atoms with E-state index in [1.165, 1.54) is 41.7 Å². The van der Waals surface area contributed by atoms with Crippen LogP contribution in [0.15, 0.2) is 119 Å². The molecule has 0 saturated carbocycles. The second-order valence-corrected chi connectivity index (χ2v) is 19.0. The van der Waals surface area contributed by atoms with E-state index in [2.05, 4.69) is 20.4 Å². The van der Waals surface area contributed by atoms with E-state index in [1.807, 2.05) is 6.07 Å². The van der Waals surface area contributed by atoms with Gasteiger partial charge in [0.05, 0.1) is 51.6 Å². The number of alkyl halides is 3. The molecule has 2 fully saturated rings. The Morgan fingerprint density at radius 2 is 1.02 bits per heavy atom. The fraction of sp³-hybridized carbons (Fsp3) is 0.244. The van der Waals surface area contributed by atoms with Crippen molar-refractivity contribution in [3.8, 4) is 11.5 Å². The summed E-state index contributed by atoms with van der Waals surface area (Å²) in [4.78, 5) is 13.3. The third-order valence-corrected chi connectivity index (χ3v) is 14.8. The second kappa shape index (κ2) is 17.1. The molecule has 0 amide bonds. The maximum atomic E-state index is 13.8. The average molecular weight is 931 g/mol. The Morgan fingerprint density at radius 1 is 0.569 bits per heavy atom. The van der Waals surface area contributed by atoms with Crippen LogP contribution in [0.2, 0.25) is 0 Å². The highest BCUT2D eigenvalue weighted by Gasteiger charge is 2.33. The van der Waals surface area contributed by atoms with Gasteiger partial charge in [-0.05, 0) is 84.9 Å². The summed E-state index contributed by atoms with van der Waals surface area (Å²) in [5.74, 6) is 1.87. The summed E-state index contributed by atoms with van der Waals surface area (Å²) >= 11 is 0. The first-order valence-corrected chi connectivity index (χ1v) is 23.4. The van der Waals surface area contributed by atoms with Crippen LogP contribution in [0.25, 0.3) is 43.6 Å². The van der Waals surface area contributed by atoms with E-state index < -0.39 is 42.5 Å². The molecule has 2 aliphatic heterocycles. The number of methoxy groups -OCH3 is 2. The van der Waals surface area contributed by atoms with Gasteiger partial charge in [-0.25, -0.2) is 39.1 Å². The van der Waals surface area contributed by atoms with Gasteiger partial charge in [0.15, 0.2) is 0 Å². The van der Waals surface area contributed by atoms with E-state index in [1.54, 1.807) is 49.6 Å². The number of hydrogen-bond acceptors (Lipinski definition) is 12. The van der Waals surface area contributed by atoms with Gasteiger partial charge >= 0.3 is 6.18 Å². The van der Waals surface area contributed by atoms with Gasteiger partial charge in [-0.1, -0.05) is 12.1 Å². The molecule has 4 aromatic carbocycles. The van der Waals surface area contributed by atoms with E-state index in [0.29, 0.717) is 74.7 Å². The highest BCUT2D eigenvalue weighted by atomic mass is 32.2. The molecule has 4 aromatic heterocycles. The fourth-order valence-electron chi connectivity index (χ4n) is 8.25. The Kier molecular flexibility index (Phi) is 11.5. The molecule has 10 rings (SSSR count). The number of fused-ring (bicyclic) bond motifs is 6. The van der Waals surface area contributed by atoms with Crippen LogP contribution in [0.1, 0.15) is 5.56 Å². The van der Waals surface area contributed by atoms with E-state index in [-0.39, 0.29) is 4.90 Å². The number of anilines is 2. The van der Waals surface area contributed by atoms with Gasteiger partial charge < -0.3 is 29.9 Å². The average Bonchev–Trinajstić information content (AvgIpc) is 3.99.